The topological polar surface area (TPSA) is 54.3 Å². The molecule has 3 aromatic rings. The van der Waals surface area contributed by atoms with Crippen molar-refractivity contribution in [3.63, 3.8) is 0 Å². The van der Waals surface area contributed by atoms with E-state index in [2.05, 4.69) is 27.1 Å². The van der Waals surface area contributed by atoms with Crippen molar-refractivity contribution in [2.24, 2.45) is 0 Å². The molecule has 0 N–H and O–H groups in total. The van der Waals surface area contributed by atoms with E-state index in [4.69, 9.17) is 0 Å². The monoisotopic (exact) mass is 375 g/mol. The number of hydrogen-bond donors (Lipinski definition) is 0. The molecule has 0 atom stereocenters. The lowest BCUT2D eigenvalue weighted by Gasteiger charge is -2.36. The quantitative estimate of drug-likeness (QED) is 0.704. The predicted octanol–water partition coefficient (Wildman–Crippen LogP) is 2.91. The first-order valence-corrected chi connectivity index (χ1v) is 9.65. The van der Waals surface area contributed by atoms with Crippen molar-refractivity contribution >= 4 is 11.6 Å². The highest BCUT2D eigenvalue weighted by Crippen LogP contribution is 2.20. The first-order valence-electron chi connectivity index (χ1n) is 9.65. The van der Waals surface area contributed by atoms with Gasteiger partial charge in [-0.3, -0.25) is 14.5 Å². The minimum absolute atomic E-state index is 0.0868. The van der Waals surface area contributed by atoms with Crippen LogP contribution >= 0.6 is 0 Å². The van der Waals surface area contributed by atoms with Crippen LogP contribution in [0.5, 0.6) is 0 Å². The second kappa shape index (κ2) is 7.84. The second-order valence-corrected chi connectivity index (χ2v) is 7.17. The maximum absolute atomic E-state index is 13.2. The minimum Gasteiger partial charge on any atom is -0.368 e. The summed E-state index contributed by atoms with van der Waals surface area (Å²) in [6.45, 7) is 7.67. The van der Waals surface area contributed by atoms with Gasteiger partial charge in [0, 0.05) is 50.0 Å². The molecule has 6 heteroatoms. The Morgan fingerprint density at radius 1 is 0.964 bits per heavy atom. The van der Waals surface area contributed by atoms with Crippen molar-refractivity contribution in [3.8, 4) is 0 Å². The molecule has 0 bridgehead atoms. The van der Waals surface area contributed by atoms with Gasteiger partial charge in [0.05, 0.1) is 17.8 Å². The van der Waals surface area contributed by atoms with Gasteiger partial charge in [-0.25, -0.2) is 0 Å². The third-order valence-electron chi connectivity index (χ3n) is 5.37. The molecule has 0 unspecified atom stereocenters. The van der Waals surface area contributed by atoms with E-state index in [1.54, 1.807) is 12.4 Å². The van der Waals surface area contributed by atoms with Crippen molar-refractivity contribution in [1.82, 2.24) is 19.7 Å². The Morgan fingerprint density at radius 3 is 2.32 bits per heavy atom. The van der Waals surface area contributed by atoms with Crippen molar-refractivity contribution in [3.05, 3.63) is 77.4 Å². The highest BCUT2D eigenvalue weighted by molar-refractivity contribution is 5.96. The molecule has 1 fully saturated rings. The van der Waals surface area contributed by atoms with Gasteiger partial charge in [0.15, 0.2) is 0 Å². The number of amides is 1. The van der Waals surface area contributed by atoms with Crippen LogP contribution in [-0.2, 0) is 6.54 Å². The van der Waals surface area contributed by atoms with E-state index in [0.29, 0.717) is 19.6 Å². The number of pyridine rings is 1. The predicted molar refractivity (Wildman–Crippen MR) is 110 cm³/mol. The van der Waals surface area contributed by atoms with E-state index in [1.165, 1.54) is 5.56 Å². The fourth-order valence-electron chi connectivity index (χ4n) is 3.80. The van der Waals surface area contributed by atoms with Gasteiger partial charge < -0.3 is 9.80 Å². The second-order valence-electron chi connectivity index (χ2n) is 7.17. The minimum atomic E-state index is 0.0868. The van der Waals surface area contributed by atoms with Crippen LogP contribution in [0.1, 0.15) is 27.3 Å². The maximum Gasteiger partial charge on any atom is 0.257 e. The van der Waals surface area contributed by atoms with Crippen molar-refractivity contribution in [2.45, 2.75) is 20.4 Å². The summed E-state index contributed by atoms with van der Waals surface area (Å²) in [5.74, 6) is 0.0868. The normalized spacial score (nSPS) is 14.4. The Kier molecular flexibility index (Phi) is 5.10. The molecule has 0 aliphatic carbocycles. The molecule has 0 spiro atoms. The zero-order valence-corrected chi connectivity index (χ0v) is 16.4. The average Bonchev–Trinajstić information content (AvgIpc) is 3.02. The Labute approximate surface area is 165 Å². The van der Waals surface area contributed by atoms with Crippen molar-refractivity contribution < 1.29 is 4.79 Å². The molecule has 1 aromatic carbocycles. The van der Waals surface area contributed by atoms with E-state index >= 15 is 0 Å². The molecular formula is C22H25N5O. The van der Waals surface area contributed by atoms with Crippen LogP contribution in [0.25, 0.3) is 0 Å². The number of carbonyl (C=O) groups excluding carboxylic acids is 1. The molecule has 144 valence electrons. The summed E-state index contributed by atoms with van der Waals surface area (Å²) in [6, 6.07) is 14.2. The Bertz CT molecular complexity index is 944. The number of aromatic nitrogens is 3. The van der Waals surface area contributed by atoms with Gasteiger partial charge in [0.25, 0.3) is 5.91 Å². The van der Waals surface area contributed by atoms with Gasteiger partial charge in [-0.1, -0.05) is 30.3 Å². The van der Waals surface area contributed by atoms with Crippen molar-refractivity contribution in [1.29, 1.82) is 0 Å². The number of anilines is 1. The van der Waals surface area contributed by atoms with Gasteiger partial charge >= 0.3 is 0 Å². The summed E-state index contributed by atoms with van der Waals surface area (Å²) in [5, 5.41) is 4.64. The van der Waals surface area contributed by atoms with Gasteiger partial charge in [-0.15, -0.1) is 0 Å². The van der Waals surface area contributed by atoms with Gasteiger partial charge in [-0.2, -0.15) is 5.10 Å². The standard InChI is InChI=1S/C22H25N5O/c1-17-21(18(2)27(24-17)16-19-6-4-3-5-7-19)22(28)26-14-12-25(13-15-26)20-8-10-23-11-9-20/h3-11H,12-16H2,1-2H3. The molecule has 28 heavy (non-hydrogen) atoms. The Hall–Kier alpha value is -3.15. The molecular weight excluding hydrogens is 350 g/mol. The summed E-state index contributed by atoms with van der Waals surface area (Å²) in [4.78, 5) is 21.5. The molecule has 2 aromatic heterocycles. The zero-order valence-electron chi connectivity index (χ0n) is 16.4. The third-order valence-corrected chi connectivity index (χ3v) is 5.37. The largest absolute Gasteiger partial charge is 0.368 e. The molecule has 4 rings (SSSR count). The highest BCUT2D eigenvalue weighted by Gasteiger charge is 2.27. The lowest BCUT2D eigenvalue weighted by molar-refractivity contribution is 0.0745. The number of rotatable bonds is 4. The van der Waals surface area contributed by atoms with E-state index in [1.807, 2.05) is 53.8 Å². The number of nitrogens with zero attached hydrogens (tertiary/aromatic N) is 5. The van der Waals surface area contributed by atoms with E-state index in [0.717, 1.165) is 35.7 Å². The van der Waals surface area contributed by atoms with Crippen LogP contribution in [0.4, 0.5) is 5.69 Å². The summed E-state index contributed by atoms with van der Waals surface area (Å²) in [6.07, 6.45) is 3.61. The van der Waals surface area contributed by atoms with Crippen LogP contribution in [0.15, 0.2) is 54.9 Å². The Balaban J connectivity index is 1.47. The SMILES string of the molecule is Cc1nn(Cc2ccccc2)c(C)c1C(=O)N1CCN(c2ccncc2)CC1. The Morgan fingerprint density at radius 2 is 1.64 bits per heavy atom. The summed E-state index contributed by atoms with van der Waals surface area (Å²) in [7, 11) is 0. The van der Waals surface area contributed by atoms with E-state index in [9.17, 15) is 4.79 Å². The number of benzene rings is 1. The van der Waals surface area contributed by atoms with Crippen LogP contribution in [0.3, 0.4) is 0 Å². The summed E-state index contributed by atoms with van der Waals surface area (Å²) < 4.78 is 1.94. The molecule has 1 aliphatic heterocycles. The van der Waals surface area contributed by atoms with Gasteiger partial charge in [-0.05, 0) is 31.5 Å². The fraction of sp³-hybridized carbons (Fsp3) is 0.318. The van der Waals surface area contributed by atoms with Crippen molar-refractivity contribution in [2.75, 3.05) is 31.1 Å². The highest BCUT2D eigenvalue weighted by atomic mass is 16.2. The summed E-state index contributed by atoms with van der Waals surface area (Å²) >= 11 is 0. The molecule has 0 saturated carbocycles. The molecule has 3 heterocycles. The third kappa shape index (κ3) is 3.63. The average molecular weight is 375 g/mol. The number of hydrogen-bond acceptors (Lipinski definition) is 4. The van der Waals surface area contributed by atoms with Crippen LogP contribution in [0, 0.1) is 13.8 Å². The molecule has 1 amide bonds. The van der Waals surface area contributed by atoms with Gasteiger partial charge in [0.1, 0.15) is 0 Å². The number of carbonyl (C=O) groups is 1. The first kappa shape index (κ1) is 18.2. The molecule has 1 saturated heterocycles. The first-order chi connectivity index (χ1) is 13.6. The molecule has 0 radical (unpaired) electrons. The summed E-state index contributed by atoms with van der Waals surface area (Å²) in [5.41, 5.74) is 4.81. The van der Waals surface area contributed by atoms with E-state index < -0.39 is 0 Å². The van der Waals surface area contributed by atoms with E-state index in [-0.39, 0.29) is 5.91 Å². The lowest BCUT2D eigenvalue weighted by Crippen LogP contribution is -2.49. The molecule has 1 aliphatic rings. The smallest absolute Gasteiger partial charge is 0.257 e. The lowest BCUT2D eigenvalue weighted by atomic mass is 10.1. The van der Waals surface area contributed by atoms with Crippen LogP contribution in [-0.4, -0.2) is 51.8 Å². The fourth-order valence-corrected chi connectivity index (χ4v) is 3.80. The number of piperazine rings is 1. The zero-order chi connectivity index (χ0) is 19.5. The molecule has 6 nitrogen and oxygen atoms in total. The maximum atomic E-state index is 13.2. The number of aryl methyl sites for hydroxylation is 1. The van der Waals surface area contributed by atoms with Gasteiger partial charge in [0.2, 0.25) is 0 Å². The van der Waals surface area contributed by atoms with Crippen LogP contribution in [0.2, 0.25) is 0 Å². The van der Waals surface area contributed by atoms with Crippen LogP contribution < -0.4 is 4.90 Å².